The minimum atomic E-state index is -0.513. The van der Waals surface area contributed by atoms with Crippen LogP contribution < -0.4 is 10.3 Å². The van der Waals surface area contributed by atoms with Crippen molar-refractivity contribution in [1.82, 2.24) is 4.57 Å². The van der Waals surface area contributed by atoms with Gasteiger partial charge in [-0.3, -0.25) is 4.79 Å². The van der Waals surface area contributed by atoms with Gasteiger partial charge in [0.15, 0.2) is 0 Å². The molecule has 2 heterocycles. The second kappa shape index (κ2) is 5.89. The predicted molar refractivity (Wildman–Crippen MR) is 90.4 cm³/mol. The van der Waals surface area contributed by atoms with Gasteiger partial charge < -0.3 is 14.0 Å². The Morgan fingerprint density at radius 1 is 1.17 bits per heavy atom. The minimum Gasteiger partial charge on any atom is -0.496 e. The minimum absolute atomic E-state index is 0.248. The second-order valence-corrected chi connectivity index (χ2v) is 6.02. The Labute approximate surface area is 136 Å². The van der Waals surface area contributed by atoms with Crippen molar-refractivity contribution in [3.63, 3.8) is 0 Å². The van der Waals surface area contributed by atoms with Gasteiger partial charge in [-0.2, -0.15) is 0 Å². The normalized spacial score (nSPS) is 10.7. The van der Waals surface area contributed by atoms with E-state index in [0.717, 1.165) is 20.9 Å². The van der Waals surface area contributed by atoms with E-state index in [1.807, 2.05) is 30.3 Å². The monoisotopic (exact) mass is 329 g/mol. The molecule has 0 saturated carbocycles. The summed E-state index contributed by atoms with van der Waals surface area (Å²) in [4.78, 5) is 25.0. The van der Waals surface area contributed by atoms with Gasteiger partial charge in [0, 0.05) is 23.6 Å². The third-order valence-electron chi connectivity index (χ3n) is 3.69. The zero-order chi connectivity index (χ0) is 16.6. The van der Waals surface area contributed by atoms with Crippen LogP contribution >= 0.6 is 11.3 Å². The van der Waals surface area contributed by atoms with Crippen LogP contribution in [0, 0.1) is 0 Å². The lowest BCUT2D eigenvalue weighted by Gasteiger charge is -2.05. The summed E-state index contributed by atoms with van der Waals surface area (Å²) >= 11 is 1.43. The quantitative estimate of drug-likeness (QED) is 0.693. The van der Waals surface area contributed by atoms with Gasteiger partial charge in [-0.15, -0.1) is 11.3 Å². The van der Waals surface area contributed by atoms with Crippen molar-refractivity contribution in [3.05, 3.63) is 52.3 Å². The maximum absolute atomic E-state index is 12.1. The van der Waals surface area contributed by atoms with Gasteiger partial charge in [0.25, 0.3) is 5.56 Å². The number of aryl methyl sites for hydroxylation is 1. The standard InChI is InChI=1S/C17H15NO4S/c1-18-12-9-14(10-6-4-5-7-13(10)21-2)23-16(12)11(8-15(18)19)17(20)22-3/h4-9H,1-3H3. The highest BCUT2D eigenvalue weighted by molar-refractivity contribution is 7.22. The predicted octanol–water partition coefficient (Wildman–Crippen LogP) is 3.06. The number of para-hydroxylation sites is 1. The lowest BCUT2D eigenvalue weighted by Crippen LogP contribution is -2.18. The van der Waals surface area contributed by atoms with Crippen LogP contribution in [0.1, 0.15) is 10.4 Å². The maximum atomic E-state index is 12.1. The van der Waals surface area contributed by atoms with Gasteiger partial charge in [0.05, 0.1) is 30.0 Å². The topological polar surface area (TPSA) is 57.5 Å². The summed E-state index contributed by atoms with van der Waals surface area (Å²) in [6.07, 6.45) is 0. The Balaban J connectivity index is 2.32. The number of rotatable bonds is 3. The number of hydrogen-bond donors (Lipinski definition) is 0. The molecule has 0 aliphatic heterocycles. The number of carbonyl (C=O) groups is 1. The number of hydrogen-bond acceptors (Lipinski definition) is 5. The molecular weight excluding hydrogens is 314 g/mol. The highest BCUT2D eigenvalue weighted by Gasteiger charge is 2.18. The van der Waals surface area contributed by atoms with Crippen molar-refractivity contribution < 1.29 is 14.3 Å². The average molecular weight is 329 g/mol. The summed E-state index contributed by atoms with van der Waals surface area (Å²) in [6.45, 7) is 0. The van der Waals surface area contributed by atoms with Crippen LogP contribution in [0.4, 0.5) is 0 Å². The molecule has 0 aliphatic carbocycles. The number of esters is 1. The first-order valence-electron chi connectivity index (χ1n) is 6.92. The molecule has 0 amide bonds. The van der Waals surface area contributed by atoms with E-state index < -0.39 is 5.97 Å². The number of aromatic nitrogens is 1. The van der Waals surface area contributed by atoms with Gasteiger partial charge in [-0.1, -0.05) is 12.1 Å². The van der Waals surface area contributed by atoms with Crippen molar-refractivity contribution in [3.8, 4) is 16.2 Å². The largest absolute Gasteiger partial charge is 0.496 e. The van der Waals surface area contributed by atoms with Crippen molar-refractivity contribution >= 4 is 27.5 Å². The van der Waals surface area contributed by atoms with E-state index in [0.29, 0.717) is 5.52 Å². The number of fused-ring (bicyclic) bond motifs is 1. The molecule has 0 unspecified atom stereocenters. The lowest BCUT2D eigenvalue weighted by molar-refractivity contribution is 0.0603. The molecule has 0 N–H and O–H groups in total. The zero-order valence-electron chi connectivity index (χ0n) is 13.0. The van der Waals surface area contributed by atoms with E-state index in [1.165, 1.54) is 29.1 Å². The van der Waals surface area contributed by atoms with Crippen LogP contribution in [0.3, 0.4) is 0 Å². The molecule has 0 spiro atoms. The molecule has 0 fully saturated rings. The molecule has 3 rings (SSSR count). The van der Waals surface area contributed by atoms with Gasteiger partial charge in [-0.25, -0.2) is 4.79 Å². The summed E-state index contributed by atoms with van der Waals surface area (Å²) < 4.78 is 12.4. The van der Waals surface area contributed by atoms with Crippen LogP contribution in [0.2, 0.25) is 0 Å². The van der Waals surface area contributed by atoms with Crippen molar-refractivity contribution in [1.29, 1.82) is 0 Å². The molecule has 5 nitrogen and oxygen atoms in total. The Morgan fingerprint density at radius 3 is 2.61 bits per heavy atom. The van der Waals surface area contributed by atoms with E-state index in [-0.39, 0.29) is 11.1 Å². The van der Waals surface area contributed by atoms with E-state index in [2.05, 4.69) is 0 Å². The smallest absolute Gasteiger partial charge is 0.339 e. The average Bonchev–Trinajstić information content (AvgIpc) is 3.02. The van der Waals surface area contributed by atoms with Gasteiger partial charge >= 0.3 is 5.97 Å². The molecule has 1 aromatic carbocycles. The third kappa shape index (κ3) is 2.51. The van der Waals surface area contributed by atoms with Gasteiger partial charge in [0.1, 0.15) is 5.75 Å². The van der Waals surface area contributed by atoms with Crippen LogP contribution in [0.15, 0.2) is 41.2 Å². The SMILES string of the molecule is COC(=O)c1cc(=O)n(C)c2cc(-c3ccccc3OC)sc12. The fraction of sp³-hybridized carbons (Fsp3) is 0.176. The highest BCUT2D eigenvalue weighted by atomic mass is 32.1. The van der Waals surface area contributed by atoms with E-state index in [9.17, 15) is 9.59 Å². The Morgan fingerprint density at radius 2 is 1.91 bits per heavy atom. The first kappa shape index (κ1) is 15.3. The van der Waals surface area contributed by atoms with Crippen LogP contribution in [0.25, 0.3) is 20.7 Å². The van der Waals surface area contributed by atoms with Crippen molar-refractivity contribution in [2.24, 2.45) is 7.05 Å². The van der Waals surface area contributed by atoms with Gasteiger partial charge in [-0.05, 0) is 18.2 Å². The number of benzene rings is 1. The van der Waals surface area contributed by atoms with Crippen LogP contribution in [0.5, 0.6) is 5.75 Å². The molecule has 0 saturated heterocycles. The second-order valence-electron chi connectivity index (χ2n) is 4.97. The zero-order valence-corrected chi connectivity index (χ0v) is 13.8. The number of pyridine rings is 1. The molecule has 3 aromatic rings. The number of carbonyl (C=O) groups excluding carboxylic acids is 1. The molecular formula is C17H15NO4S. The molecule has 2 aromatic heterocycles. The van der Waals surface area contributed by atoms with Crippen LogP contribution in [-0.2, 0) is 11.8 Å². The maximum Gasteiger partial charge on any atom is 0.339 e. The summed E-state index contributed by atoms with van der Waals surface area (Å²) in [5.74, 6) is 0.227. The van der Waals surface area contributed by atoms with Crippen molar-refractivity contribution in [2.45, 2.75) is 0 Å². The molecule has 118 valence electrons. The third-order valence-corrected chi connectivity index (χ3v) is 4.89. The summed E-state index contributed by atoms with van der Waals surface area (Å²) in [7, 11) is 4.60. The molecule has 23 heavy (non-hydrogen) atoms. The molecule has 0 aliphatic rings. The Bertz CT molecular complexity index is 955. The fourth-order valence-corrected chi connectivity index (χ4v) is 3.69. The first-order chi connectivity index (χ1) is 11.1. The molecule has 0 bridgehead atoms. The van der Waals surface area contributed by atoms with E-state index >= 15 is 0 Å². The summed E-state index contributed by atoms with van der Waals surface area (Å²) in [6, 6.07) is 10.8. The number of ether oxygens (including phenoxy) is 2. The molecule has 0 radical (unpaired) electrons. The Hall–Kier alpha value is -2.60. The number of nitrogens with zero attached hydrogens (tertiary/aromatic N) is 1. The summed E-state index contributed by atoms with van der Waals surface area (Å²) in [5, 5.41) is 0. The lowest BCUT2D eigenvalue weighted by atomic mass is 10.1. The fourth-order valence-electron chi connectivity index (χ4n) is 2.47. The number of methoxy groups -OCH3 is 2. The van der Waals surface area contributed by atoms with Gasteiger partial charge in [0.2, 0.25) is 0 Å². The highest BCUT2D eigenvalue weighted by Crippen LogP contribution is 2.38. The molecule has 6 heteroatoms. The van der Waals surface area contributed by atoms with E-state index in [4.69, 9.17) is 9.47 Å². The van der Waals surface area contributed by atoms with Crippen LogP contribution in [-0.4, -0.2) is 24.8 Å². The Kier molecular flexibility index (Phi) is 3.92. The van der Waals surface area contributed by atoms with E-state index in [1.54, 1.807) is 14.2 Å². The number of thiophene rings is 1. The summed E-state index contributed by atoms with van der Waals surface area (Å²) in [5.41, 5.74) is 1.65. The van der Waals surface area contributed by atoms with Crippen molar-refractivity contribution in [2.75, 3.05) is 14.2 Å². The molecule has 0 atom stereocenters. The first-order valence-corrected chi connectivity index (χ1v) is 7.73.